The minimum atomic E-state index is -0.993. The number of carbonyl (C=O) groups is 2. The molecule has 2 heterocycles. The number of carboxylic acid groups (broad SMARTS) is 1. The molecule has 0 bridgehead atoms. The van der Waals surface area contributed by atoms with Gasteiger partial charge < -0.3 is 10.0 Å². The van der Waals surface area contributed by atoms with Crippen molar-refractivity contribution in [1.29, 1.82) is 0 Å². The van der Waals surface area contributed by atoms with Crippen LogP contribution in [0.2, 0.25) is 0 Å². The van der Waals surface area contributed by atoms with E-state index in [-0.39, 0.29) is 24.8 Å². The Labute approximate surface area is 164 Å². The summed E-state index contributed by atoms with van der Waals surface area (Å²) in [4.78, 5) is 29.9. The zero-order valence-corrected chi connectivity index (χ0v) is 16.8. The Morgan fingerprint density at radius 1 is 1.21 bits per heavy atom. The molecule has 3 aromatic rings. The van der Waals surface area contributed by atoms with Crippen LogP contribution in [0.4, 0.5) is 0 Å². The monoisotopic (exact) mass is 382 g/mol. The second-order valence-electron chi connectivity index (χ2n) is 7.58. The van der Waals surface area contributed by atoms with Crippen molar-refractivity contribution in [2.24, 2.45) is 5.92 Å². The lowest BCUT2D eigenvalue weighted by atomic mass is 10.1. The summed E-state index contributed by atoms with van der Waals surface area (Å²) in [6, 6.07) is 7.87. The number of hydrogen-bond donors (Lipinski definition) is 1. The first-order chi connectivity index (χ1) is 13.3. The van der Waals surface area contributed by atoms with E-state index in [0.717, 1.165) is 33.5 Å². The number of benzene rings is 1. The van der Waals surface area contributed by atoms with Crippen molar-refractivity contribution in [3.8, 4) is 0 Å². The summed E-state index contributed by atoms with van der Waals surface area (Å²) in [5.41, 5.74) is 4.51. The molecule has 0 radical (unpaired) electrons. The van der Waals surface area contributed by atoms with Crippen LogP contribution in [-0.4, -0.2) is 49.6 Å². The van der Waals surface area contributed by atoms with Gasteiger partial charge >= 0.3 is 5.97 Å². The van der Waals surface area contributed by atoms with Crippen LogP contribution >= 0.6 is 0 Å². The summed E-state index contributed by atoms with van der Waals surface area (Å²) >= 11 is 0. The molecule has 7 nitrogen and oxygen atoms in total. The Hall–Kier alpha value is -2.96. The van der Waals surface area contributed by atoms with Crippen LogP contribution in [0.3, 0.4) is 0 Å². The molecule has 0 fully saturated rings. The van der Waals surface area contributed by atoms with Gasteiger partial charge in [0, 0.05) is 29.7 Å². The molecule has 148 valence electrons. The van der Waals surface area contributed by atoms with Gasteiger partial charge in [0.25, 0.3) is 0 Å². The van der Waals surface area contributed by atoms with E-state index in [1.807, 2.05) is 56.5 Å². The molecule has 0 saturated carbocycles. The minimum absolute atomic E-state index is 0.152. The average Bonchev–Trinajstić information content (AvgIpc) is 2.99. The number of carbonyl (C=O) groups excluding carboxylic acids is 1. The zero-order valence-electron chi connectivity index (χ0n) is 16.8. The Balaban J connectivity index is 1.86. The first-order valence-corrected chi connectivity index (χ1v) is 9.51. The van der Waals surface area contributed by atoms with Crippen LogP contribution < -0.4 is 0 Å². The first kappa shape index (κ1) is 19.8. The summed E-state index contributed by atoms with van der Waals surface area (Å²) in [5.74, 6) is -0.936. The summed E-state index contributed by atoms with van der Waals surface area (Å²) in [6.07, 6.45) is 0.750. The summed E-state index contributed by atoms with van der Waals surface area (Å²) in [5, 5.41) is 14.7. The normalized spacial score (nSPS) is 11.5. The average molecular weight is 382 g/mol. The number of aryl methyl sites for hydroxylation is 2. The third-order valence-corrected chi connectivity index (χ3v) is 4.87. The fraction of sp³-hybridized carbons (Fsp3) is 0.429. The number of hydrogen-bond acceptors (Lipinski definition) is 4. The van der Waals surface area contributed by atoms with Crippen LogP contribution in [0.15, 0.2) is 24.3 Å². The van der Waals surface area contributed by atoms with Crippen LogP contribution in [-0.2, 0) is 16.0 Å². The Kier molecular flexibility index (Phi) is 5.63. The first-order valence-electron chi connectivity index (χ1n) is 9.51. The van der Waals surface area contributed by atoms with E-state index in [4.69, 9.17) is 10.1 Å². The van der Waals surface area contributed by atoms with E-state index in [9.17, 15) is 9.59 Å². The molecule has 7 heteroatoms. The van der Waals surface area contributed by atoms with E-state index >= 15 is 0 Å². The molecule has 0 saturated heterocycles. The van der Waals surface area contributed by atoms with Gasteiger partial charge in [-0.05, 0) is 43.9 Å². The molecule has 28 heavy (non-hydrogen) atoms. The second-order valence-corrected chi connectivity index (χ2v) is 7.58. The van der Waals surface area contributed by atoms with Gasteiger partial charge in [-0.25, -0.2) is 9.50 Å². The maximum atomic E-state index is 12.6. The number of amides is 1. The fourth-order valence-electron chi connectivity index (χ4n) is 3.59. The summed E-state index contributed by atoms with van der Waals surface area (Å²) in [6.45, 7) is 8.03. The van der Waals surface area contributed by atoms with Crippen molar-refractivity contribution < 1.29 is 14.7 Å². The van der Waals surface area contributed by atoms with Gasteiger partial charge in [-0.1, -0.05) is 26.0 Å². The van der Waals surface area contributed by atoms with Gasteiger partial charge in [-0.15, -0.1) is 0 Å². The number of fused-ring (bicyclic) bond motifs is 3. The molecule has 0 spiro atoms. The van der Waals surface area contributed by atoms with E-state index in [1.54, 1.807) is 0 Å². The van der Waals surface area contributed by atoms with Gasteiger partial charge in [-0.2, -0.15) is 5.10 Å². The standard InChI is InChI=1S/C21H26N4O3/c1-13(2)11-24(12-20(27)28)19(26)10-9-16-14(3)22-21-17-7-5-6-8-18(17)23-25(21)15(16)4/h5-8,13H,9-12H2,1-4H3,(H,27,28). The number of carboxylic acids is 1. The highest BCUT2D eigenvalue weighted by atomic mass is 16.4. The SMILES string of the molecule is Cc1nc2c3ccccc3nn2c(C)c1CCC(=O)N(CC(=O)O)CC(C)C. The summed E-state index contributed by atoms with van der Waals surface area (Å²) in [7, 11) is 0. The van der Waals surface area contributed by atoms with Gasteiger partial charge in [0.15, 0.2) is 5.65 Å². The van der Waals surface area contributed by atoms with Crippen LogP contribution in [0.1, 0.15) is 37.2 Å². The number of nitrogens with zero attached hydrogens (tertiary/aromatic N) is 4. The van der Waals surface area contributed by atoms with Crippen molar-refractivity contribution in [3.63, 3.8) is 0 Å². The number of aromatic nitrogens is 3. The zero-order chi connectivity index (χ0) is 20.4. The lowest BCUT2D eigenvalue weighted by Crippen LogP contribution is -2.38. The molecule has 1 aromatic carbocycles. The van der Waals surface area contributed by atoms with Crippen LogP contribution in [0.5, 0.6) is 0 Å². The van der Waals surface area contributed by atoms with Crippen molar-refractivity contribution in [1.82, 2.24) is 19.5 Å². The van der Waals surface area contributed by atoms with E-state index in [0.29, 0.717) is 13.0 Å². The van der Waals surface area contributed by atoms with Crippen molar-refractivity contribution in [2.45, 2.75) is 40.5 Å². The van der Waals surface area contributed by atoms with Crippen LogP contribution in [0.25, 0.3) is 16.6 Å². The second kappa shape index (κ2) is 7.96. The molecule has 0 aliphatic carbocycles. The van der Waals surface area contributed by atoms with Crippen LogP contribution in [0, 0.1) is 19.8 Å². The lowest BCUT2D eigenvalue weighted by Gasteiger charge is -2.23. The topological polar surface area (TPSA) is 87.8 Å². The predicted molar refractivity (Wildman–Crippen MR) is 107 cm³/mol. The molecule has 0 aliphatic rings. The third kappa shape index (κ3) is 3.98. The number of rotatable bonds is 7. The van der Waals surface area contributed by atoms with Crippen molar-refractivity contribution in [3.05, 3.63) is 41.2 Å². The smallest absolute Gasteiger partial charge is 0.323 e. The molecule has 1 amide bonds. The Morgan fingerprint density at radius 3 is 2.61 bits per heavy atom. The predicted octanol–water partition coefficient (Wildman–Crippen LogP) is 3.00. The summed E-state index contributed by atoms with van der Waals surface area (Å²) < 4.78 is 1.83. The molecule has 0 atom stereocenters. The van der Waals surface area contributed by atoms with E-state index < -0.39 is 5.97 Å². The molecule has 3 rings (SSSR count). The molecular formula is C21H26N4O3. The molecule has 0 unspecified atom stereocenters. The highest BCUT2D eigenvalue weighted by Crippen LogP contribution is 2.23. The van der Waals surface area contributed by atoms with E-state index in [2.05, 4.69) is 5.10 Å². The van der Waals surface area contributed by atoms with Gasteiger partial charge in [0.1, 0.15) is 6.54 Å². The highest BCUT2D eigenvalue weighted by Gasteiger charge is 2.20. The largest absolute Gasteiger partial charge is 0.480 e. The molecule has 0 aliphatic heterocycles. The van der Waals surface area contributed by atoms with Gasteiger partial charge in [0.05, 0.1) is 5.52 Å². The lowest BCUT2D eigenvalue weighted by molar-refractivity contribution is -0.144. The molecule has 1 N–H and O–H groups in total. The van der Waals surface area contributed by atoms with E-state index in [1.165, 1.54) is 4.90 Å². The Bertz CT molecular complexity index is 1040. The maximum Gasteiger partial charge on any atom is 0.323 e. The fourth-order valence-corrected chi connectivity index (χ4v) is 3.59. The van der Waals surface area contributed by atoms with Gasteiger partial charge in [0.2, 0.25) is 5.91 Å². The number of aliphatic carboxylic acids is 1. The van der Waals surface area contributed by atoms with Gasteiger partial charge in [-0.3, -0.25) is 9.59 Å². The Morgan fingerprint density at radius 2 is 1.93 bits per heavy atom. The minimum Gasteiger partial charge on any atom is -0.480 e. The highest BCUT2D eigenvalue weighted by molar-refractivity contribution is 5.92. The van der Waals surface area contributed by atoms with Crippen molar-refractivity contribution in [2.75, 3.05) is 13.1 Å². The molecular weight excluding hydrogens is 356 g/mol. The quantitative estimate of drug-likeness (QED) is 0.679. The van der Waals surface area contributed by atoms with Crippen molar-refractivity contribution >= 4 is 28.4 Å². The maximum absolute atomic E-state index is 12.6. The third-order valence-electron chi connectivity index (χ3n) is 4.87. The molecule has 2 aromatic heterocycles.